The number of fused-ring (bicyclic) bond motifs is 1. The normalized spacial score (nSPS) is 15.2. The van der Waals surface area contributed by atoms with Crippen LogP contribution in [-0.4, -0.2) is 8.75 Å². The van der Waals surface area contributed by atoms with E-state index in [4.69, 9.17) is 0 Å². The Morgan fingerprint density at radius 2 is 1.27 bits per heavy atom. The highest BCUT2D eigenvalue weighted by Crippen LogP contribution is 2.41. The summed E-state index contributed by atoms with van der Waals surface area (Å²) in [6.07, 6.45) is 5.82. The average molecular weight is 319 g/mol. The fourth-order valence-corrected chi connectivity index (χ4v) is 4.10. The zero-order chi connectivity index (χ0) is 16.4. The molecule has 1 unspecified atom stereocenters. The maximum Gasteiger partial charge on any atom is 0.108 e. The van der Waals surface area contributed by atoms with E-state index in [1.807, 2.05) is 0 Å². The fraction of sp³-hybridized carbons (Fsp3) is 0.684. The van der Waals surface area contributed by atoms with Gasteiger partial charge in [0, 0.05) is 0 Å². The molecule has 0 radical (unpaired) electrons. The minimum Gasteiger partial charge on any atom is -0.173 e. The Kier molecular flexibility index (Phi) is 5.26. The van der Waals surface area contributed by atoms with Crippen LogP contribution in [0.3, 0.4) is 0 Å². The van der Waals surface area contributed by atoms with Crippen LogP contribution in [0.15, 0.2) is 12.1 Å². The lowest BCUT2D eigenvalue weighted by Gasteiger charge is -2.31. The van der Waals surface area contributed by atoms with Gasteiger partial charge in [-0.05, 0) is 47.6 Å². The monoisotopic (exact) mass is 318 g/mol. The van der Waals surface area contributed by atoms with Crippen molar-refractivity contribution in [3.05, 3.63) is 23.3 Å². The highest BCUT2D eigenvalue weighted by atomic mass is 32.1. The van der Waals surface area contributed by atoms with E-state index >= 15 is 0 Å². The molecule has 0 aliphatic heterocycles. The van der Waals surface area contributed by atoms with Crippen molar-refractivity contribution < 1.29 is 0 Å². The number of nitrogens with zero attached hydrogens (tertiary/aromatic N) is 2. The molecular weight excluding hydrogens is 288 g/mol. The van der Waals surface area contributed by atoms with Gasteiger partial charge in [0.2, 0.25) is 0 Å². The molecule has 3 heteroatoms. The molecule has 1 heterocycles. The number of rotatable bonds is 7. The highest BCUT2D eigenvalue weighted by molar-refractivity contribution is 7.00. The van der Waals surface area contributed by atoms with Gasteiger partial charge in [-0.2, -0.15) is 8.75 Å². The van der Waals surface area contributed by atoms with Gasteiger partial charge < -0.3 is 0 Å². The van der Waals surface area contributed by atoms with E-state index in [9.17, 15) is 0 Å². The summed E-state index contributed by atoms with van der Waals surface area (Å²) in [5, 5.41) is 0. The topological polar surface area (TPSA) is 25.8 Å². The maximum atomic E-state index is 4.69. The number of benzene rings is 1. The molecule has 0 saturated heterocycles. The Hall–Kier alpha value is -0.960. The van der Waals surface area contributed by atoms with Crippen molar-refractivity contribution in [1.29, 1.82) is 0 Å². The summed E-state index contributed by atoms with van der Waals surface area (Å²) < 4.78 is 9.37. The molecule has 0 spiro atoms. The summed E-state index contributed by atoms with van der Waals surface area (Å²) >= 11 is 1.36. The molecule has 22 heavy (non-hydrogen) atoms. The van der Waals surface area contributed by atoms with Crippen molar-refractivity contribution in [3.63, 3.8) is 0 Å². The highest BCUT2D eigenvalue weighted by Gasteiger charge is 2.31. The Balaban J connectivity index is 2.66. The quantitative estimate of drug-likeness (QED) is 0.604. The van der Waals surface area contributed by atoms with Crippen LogP contribution in [0.25, 0.3) is 11.0 Å². The number of hydrogen-bond donors (Lipinski definition) is 0. The van der Waals surface area contributed by atoms with Gasteiger partial charge in [0.15, 0.2) is 0 Å². The van der Waals surface area contributed by atoms with Gasteiger partial charge in [-0.3, -0.25) is 0 Å². The first-order valence-corrected chi connectivity index (χ1v) is 9.45. The van der Waals surface area contributed by atoms with Gasteiger partial charge in [-0.25, -0.2) is 0 Å². The van der Waals surface area contributed by atoms with E-state index in [-0.39, 0.29) is 10.8 Å². The molecule has 1 aromatic carbocycles. The second-order valence-electron chi connectivity index (χ2n) is 7.05. The van der Waals surface area contributed by atoms with E-state index in [2.05, 4.69) is 62.4 Å². The van der Waals surface area contributed by atoms with Crippen LogP contribution in [0.5, 0.6) is 0 Å². The molecular formula is C19H30N2S. The van der Waals surface area contributed by atoms with E-state index < -0.39 is 0 Å². The predicted molar refractivity (Wildman–Crippen MR) is 97.9 cm³/mol. The Morgan fingerprint density at radius 1 is 0.818 bits per heavy atom. The SMILES string of the molecule is CCCC(C)(CC)c1ccc(C(C)(CC)CC)c2nsnc12. The first kappa shape index (κ1) is 17.4. The summed E-state index contributed by atoms with van der Waals surface area (Å²) in [6, 6.07) is 4.66. The van der Waals surface area contributed by atoms with Gasteiger partial charge in [0.25, 0.3) is 0 Å². The molecule has 0 N–H and O–H groups in total. The van der Waals surface area contributed by atoms with E-state index in [0.29, 0.717) is 0 Å². The average Bonchev–Trinajstić information content (AvgIpc) is 3.02. The van der Waals surface area contributed by atoms with Gasteiger partial charge in [-0.1, -0.05) is 60.1 Å². The van der Waals surface area contributed by atoms with Crippen molar-refractivity contribution in [1.82, 2.24) is 8.75 Å². The van der Waals surface area contributed by atoms with E-state index in [0.717, 1.165) is 30.3 Å². The Bertz CT molecular complexity index is 627. The summed E-state index contributed by atoms with van der Waals surface area (Å²) in [5.41, 5.74) is 5.45. The summed E-state index contributed by atoms with van der Waals surface area (Å²) in [5.74, 6) is 0. The molecule has 2 nitrogen and oxygen atoms in total. The van der Waals surface area contributed by atoms with Gasteiger partial charge in [0.05, 0.1) is 11.7 Å². The summed E-state index contributed by atoms with van der Waals surface area (Å²) in [7, 11) is 0. The van der Waals surface area contributed by atoms with Crippen LogP contribution in [0.2, 0.25) is 0 Å². The molecule has 0 aliphatic carbocycles. The third kappa shape index (κ3) is 2.80. The Labute approximate surface area is 139 Å². The number of aromatic nitrogens is 2. The lowest BCUT2D eigenvalue weighted by molar-refractivity contribution is 0.415. The second-order valence-corrected chi connectivity index (χ2v) is 7.58. The van der Waals surface area contributed by atoms with Gasteiger partial charge in [0.1, 0.15) is 11.0 Å². The second kappa shape index (κ2) is 6.66. The largest absolute Gasteiger partial charge is 0.173 e. The lowest BCUT2D eigenvalue weighted by atomic mass is 9.72. The van der Waals surface area contributed by atoms with Crippen molar-refractivity contribution in [3.8, 4) is 0 Å². The standard InChI is InChI=1S/C19H30N2S/c1-7-13-19(6,10-4)15-12-11-14(18(5,8-2)9-3)16-17(15)21-22-20-16/h11-12H,7-10,13H2,1-6H3. The molecule has 2 rings (SSSR count). The van der Waals surface area contributed by atoms with E-state index in [1.54, 1.807) is 0 Å². The molecule has 0 aliphatic rings. The third-order valence-corrected chi connectivity index (χ3v) is 6.39. The van der Waals surface area contributed by atoms with Crippen LogP contribution in [0, 0.1) is 0 Å². The molecule has 1 aromatic heterocycles. The van der Waals surface area contributed by atoms with E-state index in [1.165, 1.54) is 35.7 Å². The van der Waals surface area contributed by atoms with Crippen LogP contribution in [0.4, 0.5) is 0 Å². The van der Waals surface area contributed by atoms with Crippen LogP contribution < -0.4 is 0 Å². The van der Waals surface area contributed by atoms with Crippen molar-refractivity contribution in [2.24, 2.45) is 0 Å². The third-order valence-electron chi connectivity index (χ3n) is 5.86. The smallest absolute Gasteiger partial charge is 0.108 e. The van der Waals surface area contributed by atoms with Crippen molar-refractivity contribution in [2.75, 3.05) is 0 Å². The molecule has 2 aromatic rings. The van der Waals surface area contributed by atoms with Gasteiger partial charge in [-0.15, -0.1) is 0 Å². The maximum absolute atomic E-state index is 4.69. The van der Waals surface area contributed by atoms with Crippen molar-refractivity contribution in [2.45, 2.75) is 84.5 Å². The van der Waals surface area contributed by atoms with Crippen LogP contribution in [-0.2, 0) is 10.8 Å². The number of hydrogen-bond acceptors (Lipinski definition) is 3. The Morgan fingerprint density at radius 3 is 1.68 bits per heavy atom. The molecule has 0 amide bonds. The predicted octanol–water partition coefficient (Wildman–Crippen LogP) is 6.24. The first-order valence-electron chi connectivity index (χ1n) is 8.72. The molecule has 122 valence electrons. The molecule has 1 atom stereocenters. The molecule has 0 bridgehead atoms. The summed E-state index contributed by atoms with van der Waals surface area (Å²) in [6.45, 7) is 13.8. The molecule has 0 saturated carbocycles. The minimum absolute atomic E-state index is 0.194. The zero-order valence-electron chi connectivity index (χ0n) is 15.0. The van der Waals surface area contributed by atoms with Crippen LogP contribution >= 0.6 is 11.7 Å². The zero-order valence-corrected chi connectivity index (χ0v) is 15.8. The fourth-order valence-electron chi connectivity index (χ4n) is 3.53. The summed E-state index contributed by atoms with van der Waals surface area (Å²) in [4.78, 5) is 0. The van der Waals surface area contributed by atoms with Crippen LogP contribution in [0.1, 0.15) is 84.8 Å². The first-order chi connectivity index (χ1) is 10.5. The minimum atomic E-state index is 0.194. The lowest BCUT2D eigenvalue weighted by Crippen LogP contribution is -2.23. The van der Waals surface area contributed by atoms with Gasteiger partial charge >= 0.3 is 0 Å². The molecule has 0 fully saturated rings. The van der Waals surface area contributed by atoms with Crippen molar-refractivity contribution >= 4 is 22.8 Å².